The van der Waals surface area contributed by atoms with Gasteiger partial charge in [0, 0.05) is 22.5 Å². The van der Waals surface area contributed by atoms with Gasteiger partial charge in [0.05, 0.1) is 0 Å². The van der Waals surface area contributed by atoms with Gasteiger partial charge in [0.2, 0.25) is 0 Å². The molecule has 1 saturated heterocycles. The maximum absolute atomic E-state index is 5.79. The number of thioether (sulfide) groups is 1. The van der Waals surface area contributed by atoms with Crippen LogP contribution in [0.2, 0.25) is 0 Å². The molecule has 0 aromatic heterocycles. The SMILES string of the molecule is Cc1ccc(NCC2(C)CCCS2)c(C(N)=S)c1. The van der Waals surface area contributed by atoms with Crippen molar-refractivity contribution in [3.63, 3.8) is 0 Å². The normalized spacial score (nSPS) is 23.0. The number of nitrogens with one attached hydrogen (secondary N) is 1. The number of anilines is 1. The molecule has 0 saturated carbocycles. The molecule has 1 aromatic rings. The van der Waals surface area contributed by atoms with Crippen molar-refractivity contribution in [3.05, 3.63) is 29.3 Å². The van der Waals surface area contributed by atoms with E-state index in [1.54, 1.807) is 0 Å². The van der Waals surface area contributed by atoms with Gasteiger partial charge in [0.25, 0.3) is 0 Å². The highest BCUT2D eigenvalue weighted by Gasteiger charge is 2.29. The second-order valence-corrected chi connectivity index (χ2v) is 7.29. The predicted octanol–water partition coefficient (Wildman–Crippen LogP) is 3.33. The van der Waals surface area contributed by atoms with Gasteiger partial charge in [-0.15, -0.1) is 0 Å². The lowest BCUT2D eigenvalue weighted by atomic mass is 10.0. The summed E-state index contributed by atoms with van der Waals surface area (Å²) in [6, 6.07) is 6.22. The van der Waals surface area contributed by atoms with Gasteiger partial charge >= 0.3 is 0 Å². The Labute approximate surface area is 119 Å². The fraction of sp³-hybridized carbons (Fsp3) is 0.500. The summed E-state index contributed by atoms with van der Waals surface area (Å²) < 4.78 is 0.346. The highest BCUT2D eigenvalue weighted by Crippen LogP contribution is 2.37. The zero-order valence-electron chi connectivity index (χ0n) is 11.0. The summed E-state index contributed by atoms with van der Waals surface area (Å²) in [6.07, 6.45) is 2.60. The molecular formula is C14H20N2S2. The minimum absolute atomic E-state index is 0.346. The van der Waals surface area contributed by atoms with Crippen LogP contribution in [0, 0.1) is 6.92 Å². The van der Waals surface area contributed by atoms with Crippen molar-refractivity contribution < 1.29 is 0 Å². The Kier molecular flexibility index (Phi) is 4.17. The first-order valence-corrected chi connectivity index (χ1v) is 7.68. The van der Waals surface area contributed by atoms with Crippen molar-refractivity contribution in [1.29, 1.82) is 0 Å². The predicted molar refractivity (Wildman–Crippen MR) is 85.7 cm³/mol. The standard InChI is InChI=1S/C14H20N2S2/c1-10-4-5-12(11(8-10)13(15)17)16-9-14(2)6-3-7-18-14/h4-5,8,16H,3,6-7,9H2,1-2H3,(H2,15,17). The first-order valence-electron chi connectivity index (χ1n) is 6.28. The third kappa shape index (κ3) is 3.18. The van der Waals surface area contributed by atoms with Crippen LogP contribution in [0.5, 0.6) is 0 Å². The maximum Gasteiger partial charge on any atom is 0.106 e. The molecule has 4 heteroatoms. The highest BCUT2D eigenvalue weighted by molar-refractivity contribution is 8.00. The van der Waals surface area contributed by atoms with Crippen LogP contribution in [0.3, 0.4) is 0 Å². The molecule has 1 heterocycles. The number of nitrogens with two attached hydrogens (primary N) is 1. The number of hydrogen-bond acceptors (Lipinski definition) is 3. The summed E-state index contributed by atoms with van der Waals surface area (Å²) in [7, 11) is 0. The van der Waals surface area contributed by atoms with E-state index in [0.717, 1.165) is 17.8 Å². The van der Waals surface area contributed by atoms with Gasteiger partial charge in [-0.3, -0.25) is 0 Å². The zero-order chi connectivity index (χ0) is 13.2. The van der Waals surface area contributed by atoms with Crippen LogP contribution in [-0.4, -0.2) is 22.0 Å². The molecule has 3 N–H and O–H groups in total. The van der Waals surface area contributed by atoms with E-state index in [9.17, 15) is 0 Å². The van der Waals surface area contributed by atoms with E-state index in [4.69, 9.17) is 18.0 Å². The largest absolute Gasteiger partial charge is 0.389 e. The number of hydrogen-bond donors (Lipinski definition) is 2. The number of thiocarbonyl (C=S) groups is 1. The molecule has 0 amide bonds. The lowest BCUT2D eigenvalue weighted by molar-refractivity contribution is 0.635. The molecule has 1 aromatic carbocycles. The Morgan fingerprint density at radius 3 is 2.94 bits per heavy atom. The molecule has 18 heavy (non-hydrogen) atoms. The van der Waals surface area contributed by atoms with Crippen LogP contribution >= 0.6 is 24.0 Å². The Hall–Kier alpha value is -0.740. The third-order valence-electron chi connectivity index (χ3n) is 3.39. The molecule has 1 unspecified atom stereocenters. The van der Waals surface area contributed by atoms with Crippen molar-refractivity contribution in [3.8, 4) is 0 Å². The molecule has 2 rings (SSSR count). The van der Waals surface area contributed by atoms with Gasteiger partial charge in [-0.2, -0.15) is 11.8 Å². The van der Waals surface area contributed by atoms with Crippen LogP contribution < -0.4 is 11.1 Å². The van der Waals surface area contributed by atoms with E-state index in [-0.39, 0.29) is 0 Å². The summed E-state index contributed by atoms with van der Waals surface area (Å²) in [5.74, 6) is 1.27. The Morgan fingerprint density at radius 1 is 1.56 bits per heavy atom. The van der Waals surface area contributed by atoms with E-state index >= 15 is 0 Å². The molecule has 98 valence electrons. The molecule has 2 nitrogen and oxygen atoms in total. The Balaban J connectivity index is 2.11. The molecule has 0 radical (unpaired) electrons. The Bertz CT molecular complexity index is 451. The van der Waals surface area contributed by atoms with Gasteiger partial charge in [-0.1, -0.05) is 23.8 Å². The lowest BCUT2D eigenvalue weighted by Crippen LogP contribution is -2.28. The molecule has 1 aliphatic rings. The molecule has 1 atom stereocenters. The summed E-state index contributed by atoms with van der Waals surface area (Å²) in [4.78, 5) is 0.463. The number of benzene rings is 1. The number of rotatable bonds is 4. The van der Waals surface area contributed by atoms with E-state index in [1.807, 2.05) is 0 Å². The molecule has 1 fully saturated rings. The van der Waals surface area contributed by atoms with Crippen LogP contribution in [0.25, 0.3) is 0 Å². The third-order valence-corrected chi connectivity index (χ3v) is 5.15. The molecule has 1 aliphatic heterocycles. The zero-order valence-corrected chi connectivity index (χ0v) is 12.6. The Morgan fingerprint density at radius 2 is 2.33 bits per heavy atom. The van der Waals surface area contributed by atoms with Crippen molar-refractivity contribution in [2.24, 2.45) is 5.73 Å². The smallest absolute Gasteiger partial charge is 0.106 e. The van der Waals surface area contributed by atoms with E-state index in [0.29, 0.717) is 9.74 Å². The van der Waals surface area contributed by atoms with Crippen LogP contribution in [0.4, 0.5) is 5.69 Å². The van der Waals surface area contributed by atoms with Crippen molar-refractivity contribution in [2.75, 3.05) is 17.6 Å². The first-order chi connectivity index (χ1) is 8.50. The second kappa shape index (κ2) is 5.49. The van der Waals surface area contributed by atoms with Crippen molar-refractivity contribution >= 4 is 34.7 Å². The van der Waals surface area contributed by atoms with E-state index in [2.05, 4.69) is 49.1 Å². The quantitative estimate of drug-likeness (QED) is 0.830. The average molecular weight is 280 g/mol. The van der Waals surface area contributed by atoms with Crippen molar-refractivity contribution in [1.82, 2.24) is 0 Å². The number of aryl methyl sites for hydroxylation is 1. The van der Waals surface area contributed by atoms with Gasteiger partial charge < -0.3 is 11.1 Å². The van der Waals surface area contributed by atoms with Crippen LogP contribution in [-0.2, 0) is 0 Å². The fourth-order valence-electron chi connectivity index (χ4n) is 2.27. The van der Waals surface area contributed by atoms with E-state index < -0.39 is 0 Å². The van der Waals surface area contributed by atoms with Crippen LogP contribution in [0.15, 0.2) is 18.2 Å². The monoisotopic (exact) mass is 280 g/mol. The van der Waals surface area contributed by atoms with Gasteiger partial charge in [-0.25, -0.2) is 0 Å². The molecule has 0 spiro atoms. The fourth-order valence-corrected chi connectivity index (χ4v) is 3.69. The molecule has 0 bridgehead atoms. The van der Waals surface area contributed by atoms with Crippen LogP contribution in [0.1, 0.15) is 30.9 Å². The second-order valence-electron chi connectivity index (χ2n) is 5.17. The highest BCUT2D eigenvalue weighted by atomic mass is 32.2. The summed E-state index contributed by atoms with van der Waals surface area (Å²) in [5, 5.41) is 3.52. The first kappa shape index (κ1) is 13.7. The summed E-state index contributed by atoms with van der Waals surface area (Å²) in [5.41, 5.74) is 8.98. The van der Waals surface area contributed by atoms with Gasteiger partial charge in [0.1, 0.15) is 4.99 Å². The topological polar surface area (TPSA) is 38.0 Å². The minimum atomic E-state index is 0.346. The molecular weight excluding hydrogens is 260 g/mol. The average Bonchev–Trinajstić information content (AvgIpc) is 2.75. The van der Waals surface area contributed by atoms with Gasteiger partial charge in [0.15, 0.2) is 0 Å². The summed E-state index contributed by atoms with van der Waals surface area (Å²) >= 11 is 7.17. The van der Waals surface area contributed by atoms with E-state index in [1.165, 1.54) is 24.2 Å². The minimum Gasteiger partial charge on any atom is -0.389 e. The van der Waals surface area contributed by atoms with Crippen molar-refractivity contribution in [2.45, 2.75) is 31.4 Å². The lowest BCUT2D eigenvalue weighted by Gasteiger charge is -2.24. The molecule has 0 aliphatic carbocycles. The van der Waals surface area contributed by atoms with Gasteiger partial charge in [-0.05, 0) is 44.6 Å². The maximum atomic E-state index is 5.79. The summed E-state index contributed by atoms with van der Waals surface area (Å²) in [6.45, 7) is 5.35.